The SMILES string of the molecule is CCn1c(SCC(=O)Nc2c(Cl)cc(Cl)cc2Cl)nnc1-c1cnccn1. The molecule has 1 amide bonds. The Bertz CT molecular complexity index is 943. The average Bonchev–Trinajstić information content (AvgIpc) is 3.06. The lowest BCUT2D eigenvalue weighted by Gasteiger charge is -2.10. The molecule has 0 saturated heterocycles. The Morgan fingerprint density at radius 1 is 1.19 bits per heavy atom. The van der Waals surface area contributed by atoms with Gasteiger partial charge in [0.2, 0.25) is 5.91 Å². The zero-order chi connectivity index (χ0) is 19.4. The van der Waals surface area contributed by atoms with E-state index < -0.39 is 0 Å². The smallest absolute Gasteiger partial charge is 0.234 e. The molecular weight excluding hydrogens is 431 g/mol. The lowest BCUT2D eigenvalue weighted by atomic mass is 10.3. The van der Waals surface area contributed by atoms with Crippen LogP contribution < -0.4 is 5.32 Å². The van der Waals surface area contributed by atoms with Crippen LogP contribution in [-0.4, -0.2) is 36.4 Å². The van der Waals surface area contributed by atoms with Crippen molar-refractivity contribution in [1.82, 2.24) is 24.7 Å². The van der Waals surface area contributed by atoms with Crippen LogP contribution in [0, 0.1) is 0 Å². The van der Waals surface area contributed by atoms with Crippen molar-refractivity contribution in [2.24, 2.45) is 0 Å². The molecule has 0 radical (unpaired) electrons. The number of halogens is 3. The summed E-state index contributed by atoms with van der Waals surface area (Å²) in [6.07, 6.45) is 4.79. The minimum atomic E-state index is -0.280. The van der Waals surface area contributed by atoms with E-state index in [2.05, 4.69) is 25.5 Å². The van der Waals surface area contributed by atoms with Crippen LogP contribution in [0.4, 0.5) is 5.69 Å². The zero-order valence-corrected chi connectivity index (χ0v) is 17.1. The van der Waals surface area contributed by atoms with Gasteiger partial charge < -0.3 is 9.88 Å². The van der Waals surface area contributed by atoms with E-state index in [1.165, 1.54) is 23.9 Å². The lowest BCUT2D eigenvalue weighted by molar-refractivity contribution is -0.113. The topological polar surface area (TPSA) is 85.6 Å². The molecule has 11 heteroatoms. The van der Waals surface area contributed by atoms with Gasteiger partial charge in [-0.1, -0.05) is 46.6 Å². The number of hydrogen-bond acceptors (Lipinski definition) is 6. The largest absolute Gasteiger partial charge is 0.323 e. The van der Waals surface area contributed by atoms with E-state index >= 15 is 0 Å². The van der Waals surface area contributed by atoms with Crippen LogP contribution in [0.1, 0.15) is 6.92 Å². The predicted octanol–water partition coefficient (Wildman–Crippen LogP) is 4.45. The monoisotopic (exact) mass is 442 g/mol. The molecule has 0 bridgehead atoms. The van der Waals surface area contributed by atoms with Crippen molar-refractivity contribution in [2.75, 3.05) is 11.1 Å². The predicted molar refractivity (Wildman–Crippen MR) is 108 cm³/mol. The highest BCUT2D eigenvalue weighted by Gasteiger charge is 2.17. The van der Waals surface area contributed by atoms with Crippen LogP contribution in [0.2, 0.25) is 15.1 Å². The molecule has 140 valence electrons. The number of nitrogens with one attached hydrogen (secondary N) is 1. The number of rotatable bonds is 6. The van der Waals surface area contributed by atoms with Gasteiger partial charge in [0.1, 0.15) is 5.69 Å². The summed E-state index contributed by atoms with van der Waals surface area (Å²) in [5, 5.41) is 12.5. The number of carbonyl (C=O) groups is 1. The average molecular weight is 444 g/mol. The van der Waals surface area contributed by atoms with Gasteiger partial charge >= 0.3 is 0 Å². The second kappa shape index (κ2) is 8.88. The van der Waals surface area contributed by atoms with Crippen LogP contribution in [0.25, 0.3) is 11.5 Å². The summed E-state index contributed by atoms with van der Waals surface area (Å²) in [6.45, 7) is 2.58. The molecular formula is C16H13Cl3N6OS. The normalized spacial score (nSPS) is 10.8. The van der Waals surface area contributed by atoms with Gasteiger partial charge in [-0.3, -0.25) is 9.78 Å². The molecule has 0 aliphatic heterocycles. The number of benzene rings is 1. The van der Waals surface area contributed by atoms with Crippen molar-refractivity contribution in [3.63, 3.8) is 0 Å². The standard InChI is InChI=1S/C16H13Cl3N6OS/c1-2-25-15(12-7-20-3-4-21-12)23-24-16(25)27-8-13(26)22-14-10(18)5-9(17)6-11(14)19/h3-7H,2,8H2,1H3,(H,22,26). The molecule has 2 aromatic heterocycles. The molecule has 1 aromatic carbocycles. The highest BCUT2D eigenvalue weighted by atomic mass is 35.5. The van der Waals surface area contributed by atoms with Crippen LogP contribution in [-0.2, 0) is 11.3 Å². The van der Waals surface area contributed by atoms with E-state index in [0.29, 0.717) is 33.9 Å². The fraction of sp³-hybridized carbons (Fsp3) is 0.188. The molecule has 7 nitrogen and oxygen atoms in total. The number of anilines is 1. The molecule has 0 spiro atoms. The van der Waals surface area contributed by atoms with E-state index in [9.17, 15) is 4.79 Å². The molecule has 2 heterocycles. The summed E-state index contributed by atoms with van der Waals surface area (Å²) in [5.74, 6) is 0.420. The van der Waals surface area contributed by atoms with Gasteiger partial charge in [0, 0.05) is 24.0 Å². The zero-order valence-electron chi connectivity index (χ0n) is 14.0. The fourth-order valence-electron chi connectivity index (χ4n) is 2.25. The minimum Gasteiger partial charge on any atom is -0.323 e. The van der Waals surface area contributed by atoms with Gasteiger partial charge in [0.05, 0.1) is 27.7 Å². The Morgan fingerprint density at radius 2 is 1.93 bits per heavy atom. The molecule has 27 heavy (non-hydrogen) atoms. The van der Waals surface area contributed by atoms with E-state index in [4.69, 9.17) is 34.8 Å². The Morgan fingerprint density at radius 3 is 2.56 bits per heavy atom. The first-order valence-electron chi connectivity index (χ1n) is 7.76. The molecule has 3 aromatic rings. The van der Waals surface area contributed by atoms with Gasteiger partial charge in [0.15, 0.2) is 11.0 Å². The summed E-state index contributed by atoms with van der Waals surface area (Å²) in [5.41, 5.74) is 0.938. The second-order valence-electron chi connectivity index (χ2n) is 5.22. The third kappa shape index (κ3) is 4.70. The number of aromatic nitrogens is 5. The van der Waals surface area contributed by atoms with Crippen molar-refractivity contribution in [3.8, 4) is 11.5 Å². The van der Waals surface area contributed by atoms with Crippen LogP contribution in [0.3, 0.4) is 0 Å². The third-order valence-corrected chi connectivity index (χ3v) is 5.21. The first kappa shape index (κ1) is 19.9. The molecule has 1 N–H and O–H groups in total. The molecule has 0 fully saturated rings. The first-order chi connectivity index (χ1) is 13.0. The molecule has 0 aliphatic carbocycles. The van der Waals surface area contributed by atoms with Crippen molar-refractivity contribution in [3.05, 3.63) is 45.8 Å². The van der Waals surface area contributed by atoms with Gasteiger partial charge in [-0.05, 0) is 19.1 Å². The molecule has 0 saturated carbocycles. The third-order valence-electron chi connectivity index (χ3n) is 3.43. The maximum atomic E-state index is 12.3. The number of amides is 1. The minimum absolute atomic E-state index is 0.105. The quantitative estimate of drug-likeness (QED) is 0.567. The number of carbonyl (C=O) groups excluding carboxylic acids is 1. The fourth-order valence-corrected chi connectivity index (χ4v) is 3.97. The highest BCUT2D eigenvalue weighted by molar-refractivity contribution is 7.99. The summed E-state index contributed by atoms with van der Waals surface area (Å²) in [7, 11) is 0. The highest BCUT2D eigenvalue weighted by Crippen LogP contribution is 2.34. The maximum absolute atomic E-state index is 12.3. The van der Waals surface area contributed by atoms with E-state index in [1.54, 1.807) is 18.6 Å². The van der Waals surface area contributed by atoms with Crippen molar-refractivity contribution >= 4 is 58.2 Å². The van der Waals surface area contributed by atoms with Gasteiger partial charge in [0.25, 0.3) is 0 Å². The summed E-state index contributed by atoms with van der Waals surface area (Å²) < 4.78 is 1.87. The van der Waals surface area contributed by atoms with Crippen molar-refractivity contribution < 1.29 is 4.79 Å². The van der Waals surface area contributed by atoms with Crippen LogP contribution >= 0.6 is 46.6 Å². The Hall–Kier alpha value is -1.87. The number of nitrogens with zero attached hydrogens (tertiary/aromatic N) is 5. The van der Waals surface area contributed by atoms with E-state index in [0.717, 1.165) is 0 Å². The second-order valence-corrected chi connectivity index (χ2v) is 7.42. The molecule has 3 rings (SSSR count). The summed E-state index contributed by atoms with van der Waals surface area (Å²) >= 11 is 19.3. The van der Waals surface area contributed by atoms with Gasteiger partial charge in [-0.15, -0.1) is 10.2 Å². The lowest BCUT2D eigenvalue weighted by Crippen LogP contribution is -2.15. The Kier molecular flexibility index (Phi) is 6.54. The molecule has 0 unspecified atom stereocenters. The maximum Gasteiger partial charge on any atom is 0.234 e. The van der Waals surface area contributed by atoms with Crippen molar-refractivity contribution in [2.45, 2.75) is 18.6 Å². The van der Waals surface area contributed by atoms with Gasteiger partial charge in [-0.2, -0.15) is 0 Å². The van der Waals surface area contributed by atoms with Crippen LogP contribution in [0.15, 0.2) is 35.9 Å². The summed E-state index contributed by atoms with van der Waals surface area (Å²) in [6, 6.07) is 3.03. The summed E-state index contributed by atoms with van der Waals surface area (Å²) in [4.78, 5) is 20.6. The first-order valence-corrected chi connectivity index (χ1v) is 9.88. The van der Waals surface area contributed by atoms with Gasteiger partial charge in [-0.25, -0.2) is 4.98 Å². The molecule has 0 aliphatic rings. The Balaban J connectivity index is 1.70. The van der Waals surface area contributed by atoms with E-state index in [-0.39, 0.29) is 21.7 Å². The van der Waals surface area contributed by atoms with E-state index in [1.807, 2.05) is 11.5 Å². The number of thioether (sulfide) groups is 1. The van der Waals surface area contributed by atoms with Crippen molar-refractivity contribution in [1.29, 1.82) is 0 Å². The molecule has 0 atom stereocenters. The Labute approximate surface area is 174 Å². The van der Waals surface area contributed by atoms with Crippen LogP contribution in [0.5, 0.6) is 0 Å². The number of hydrogen-bond donors (Lipinski definition) is 1.